The highest BCUT2D eigenvalue weighted by Crippen LogP contribution is 2.35. The minimum atomic E-state index is -0.318. The molecule has 0 saturated heterocycles. The average Bonchev–Trinajstić information content (AvgIpc) is 3.16. The van der Waals surface area contributed by atoms with E-state index in [1.807, 2.05) is 6.08 Å². The van der Waals surface area contributed by atoms with E-state index in [2.05, 4.69) is 21.3 Å². The normalized spacial score (nSPS) is 15.2. The molecule has 0 atom stereocenters. The fourth-order valence-corrected chi connectivity index (χ4v) is 4.25. The second-order valence-electron chi connectivity index (χ2n) is 5.75. The van der Waals surface area contributed by atoms with Crippen molar-refractivity contribution in [1.82, 2.24) is 14.8 Å². The van der Waals surface area contributed by atoms with Crippen molar-refractivity contribution in [3.8, 4) is 0 Å². The van der Waals surface area contributed by atoms with Gasteiger partial charge in [0.05, 0.1) is 0 Å². The van der Waals surface area contributed by atoms with Gasteiger partial charge in [0.1, 0.15) is 11.6 Å². The van der Waals surface area contributed by atoms with Crippen LogP contribution in [0, 0.1) is 5.82 Å². The van der Waals surface area contributed by atoms with Crippen LogP contribution >= 0.6 is 23.4 Å². The van der Waals surface area contributed by atoms with Crippen LogP contribution in [0.15, 0.2) is 36.0 Å². The zero-order valence-corrected chi connectivity index (χ0v) is 14.4. The molecule has 1 heterocycles. The lowest BCUT2D eigenvalue weighted by Gasteiger charge is -2.12. The van der Waals surface area contributed by atoms with Crippen molar-refractivity contribution >= 4 is 23.4 Å². The SMILES string of the molecule is C=CCn1c(SCc2ccc(F)cc2Cl)nnc1C1CCCC1. The molecular formula is C17H19ClFN3S. The Balaban J connectivity index is 1.77. The van der Waals surface area contributed by atoms with Crippen LogP contribution in [-0.2, 0) is 12.3 Å². The van der Waals surface area contributed by atoms with E-state index in [4.69, 9.17) is 11.6 Å². The van der Waals surface area contributed by atoms with Gasteiger partial charge in [-0.3, -0.25) is 0 Å². The third-order valence-electron chi connectivity index (χ3n) is 4.15. The van der Waals surface area contributed by atoms with Crippen molar-refractivity contribution in [3.05, 3.63) is 53.1 Å². The number of rotatable bonds is 6. The molecule has 0 N–H and O–H groups in total. The third kappa shape index (κ3) is 3.78. The van der Waals surface area contributed by atoms with Gasteiger partial charge in [0, 0.05) is 23.2 Å². The first-order chi connectivity index (χ1) is 11.2. The lowest BCUT2D eigenvalue weighted by molar-refractivity contribution is 0.594. The van der Waals surface area contributed by atoms with Gasteiger partial charge in [-0.1, -0.05) is 48.3 Å². The maximum Gasteiger partial charge on any atom is 0.191 e. The molecule has 1 aromatic heterocycles. The molecule has 3 nitrogen and oxygen atoms in total. The maximum atomic E-state index is 13.1. The van der Waals surface area contributed by atoms with Gasteiger partial charge in [0.2, 0.25) is 0 Å². The molecule has 1 aliphatic carbocycles. The molecule has 0 radical (unpaired) electrons. The van der Waals surface area contributed by atoms with Crippen LogP contribution in [0.4, 0.5) is 4.39 Å². The van der Waals surface area contributed by atoms with Gasteiger partial charge >= 0.3 is 0 Å². The molecule has 6 heteroatoms. The van der Waals surface area contributed by atoms with Crippen molar-refractivity contribution in [1.29, 1.82) is 0 Å². The molecule has 0 aliphatic heterocycles. The summed E-state index contributed by atoms with van der Waals surface area (Å²) in [6.45, 7) is 4.54. The van der Waals surface area contributed by atoms with Crippen LogP contribution in [0.25, 0.3) is 0 Å². The molecule has 2 aromatic rings. The highest BCUT2D eigenvalue weighted by molar-refractivity contribution is 7.98. The third-order valence-corrected chi connectivity index (χ3v) is 5.52. The van der Waals surface area contributed by atoms with E-state index in [0.717, 1.165) is 16.5 Å². The van der Waals surface area contributed by atoms with Crippen LogP contribution in [0.5, 0.6) is 0 Å². The summed E-state index contributed by atoms with van der Waals surface area (Å²) in [7, 11) is 0. The largest absolute Gasteiger partial charge is 0.302 e. The molecule has 1 aliphatic rings. The number of nitrogens with zero attached hydrogens (tertiary/aromatic N) is 3. The molecule has 1 fully saturated rings. The Morgan fingerprint density at radius 2 is 2.13 bits per heavy atom. The Kier molecular flexibility index (Phi) is 5.38. The van der Waals surface area contributed by atoms with E-state index in [0.29, 0.717) is 23.2 Å². The van der Waals surface area contributed by atoms with E-state index in [9.17, 15) is 4.39 Å². The topological polar surface area (TPSA) is 30.7 Å². The summed E-state index contributed by atoms with van der Waals surface area (Å²) < 4.78 is 15.3. The van der Waals surface area contributed by atoms with Crippen LogP contribution in [-0.4, -0.2) is 14.8 Å². The summed E-state index contributed by atoms with van der Waals surface area (Å²) in [5, 5.41) is 10.1. The number of allylic oxidation sites excluding steroid dienone is 1. The molecule has 1 aromatic carbocycles. The first kappa shape index (κ1) is 16.5. The van der Waals surface area contributed by atoms with Crippen LogP contribution in [0.1, 0.15) is 43.0 Å². The zero-order chi connectivity index (χ0) is 16.2. The van der Waals surface area contributed by atoms with Gasteiger partial charge in [-0.05, 0) is 30.5 Å². The highest BCUT2D eigenvalue weighted by atomic mass is 35.5. The molecule has 0 unspecified atom stereocenters. The summed E-state index contributed by atoms with van der Waals surface area (Å²) in [6, 6.07) is 4.49. The molecule has 3 rings (SSSR count). The van der Waals surface area contributed by atoms with Gasteiger partial charge in [0.25, 0.3) is 0 Å². The predicted molar refractivity (Wildman–Crippen MR) is 92.4 cm³/mol. The van der Waals surface area contributed by atoms with E-state index in [1.54, 1.807) is 17.8 Å². The van der Waals surface area contributed by atoms with Gasteiger partial charge in [-0.25, -0.2) is 4.39 Å². The lowest BCUT2D eigenvalue weighted by atomic mass is 10.1. The average molecular weight is 352 g/mol. The first-order valence-electron chi connectivity index (χ1n) is 7.79. The van der Waals surface area contributed by atoms with E-state index in [1.165, 1.54) is 37.8 Å². The number of benzene rings is 1. The Morgan fingerprint density at radius 1 is 1.35 bits per heavy atom. The summed E-state index contributed by atoms with van der Waals surface area (Å²) in [5.74, 6) is 1.89. The molecule has 0 amide bonds. The Morgan fingerprint density at radius 3 is 2.83 bits per heavy atom. The molecule has 0 bridgehead atoms. The Hall–Kier alpha value is -1.33. The Labute approximate surface area is 144 Å². The number of halogens is 2. The van der Waals surface area contributed by atoms with Crippen LogP contribution < -0.4 is 0 Å². The van der Waals surface area contributed by atoms with Gasteiger partial charge in [-0.15, -0.1) is 16.8 Å². The minimum Gasteiger partial charge on any atom is -0.302 e. The lowest BCUT2D eigenvalue weighted by Crippen LogP contribution is -2.07. The van der Waals surface area contributed by atoms with Gasteiger partial charge in [0.15, 0.2) is 5.16 Å². The van der Waals surface area contributed by atoms with Crippen molar-refractivity contribution < 1.29 is 4.39 Å². The van der Waals surface area contributed by atoms with Crippen molar-refractivity contribution in [2.75, 3.05) is 0 Å². The fourth-order valence-electron chi connectivity index (χ4n) is 2.97. The zero-order valence-electron chi connectivity index (χ0n) is 12.8. The standard InChI is InChI=1S/C17H19ClFN3S/c1-2-9-22-16(12-5-3-4-6-12)20-21-17(22)23-11-13-7-8-14(19)10-15(13)18/h2,7-8,10,12H,1,3-6,9,11H2. The number of hydrogen-bond acceptors (Lipinski definition) is 3. The molecule has 0 spiro atoms. The molecule has 23 heavy (non-hydrogen) atoms. The van der Waals surface area contributed by atoms with Crippen molar-refractivity contribution in [2.24, 2.45) is 0 Å². The van der Waals surface area contributed by atoms with Crippen molar-refractivity contribution in [2.45, 2.75) is 49.1 Å². The second-order valence-corrected chi connectivity index (χ2v) is 7.10. The number of thioether (sulfide) groups is 1. The van der Waals surface area contributed by atoms with Gasteiger partial charge in [-0.2, -0.15) is 0 Å². The molecule has 1 saturated carbocycles. The quantitative estimate of drug-likeness (QED) is 0.529. The van der Waals surface area contributed by atoms with Crippen LogP contribution in [0.3, 0.4) is 0 Å². The highest BCUT2D eigenvalue weighted by Gasteiger charge is 2.24. The van der Waals surface area contributed by atoms with Crippen LogP contribution in [0.2, 0.25) is 5.02 Å². The fraction of sp³-hybridized carbons (Fsp3) is 0.412. The molecule has 122 valence electrons. The van der Waals surface area contributed by atoms with Gasteiger partial charge < -0.3 is 4.57 Å². The molecular weight excluding hydrogens is 333 g/mol. The second kappa shape index (κ2) is 7.49. The monoisotopic (exact) mass is 351 g/mol. The summed E-state index contributed by atoms with van der Waals surface area (Å²) in [5.41, 5.74) is 0.897. The number of aromatic nitrogens is 3. The van der Waals surface area contributed by atoms with E-state index < -0.39 is 0 Å². The van der Waals surface area contributed by atoms with E-state index >= 15 is 0 Å². The summed E-state index contributed by atoms with van der Waals surface area (Å²) >= 11 is 7.67. The maximum absolute atomic E-state index is 13.1. The Bertz CT molecular complexity index is 695. The smallest absolute Gasteiger partial charge is 0.191 e. The first-order valence-corrected chi connectivity index (χ1v) is 9.16. The number of hydrogen-bond donors (Lipinski definition) is 0. The van der Waals surface area contributed by atoms with Crippen molar-refractivity contribution in [3.63, 3.8) is 0 Å². The van der Waals surface area contributed by atoms with E-state index in [-0.39, 0.29) is 5.82 Å². The summed E-state index contributed by atoms with van der Waals surface area (Å²) in [4.78, 5) is 0. The minimum absolute atomic E-state index is 0.318. The predicted octanol–water partition coefficient (Wildman–Crippen LogP) is 5.21. The summed E-state index contributed by atoms with van der Waals surface area (Å²) in [6.07, 6.45) is 6.77.